The molecule has 3 heteroatoms. The first-order valence-electron chi connectivity index (χ1n) is 2.84. The first-order valence-corrected chi connectivity index (χ1v) is 3.83. The molecule has 0 bridgehead atoms. The first-order chi connectivity index (χ1) is 4.33. The standard InChI is InChI=1S/C6H10N2S/c1-5-3-8-6(7-2)9-4-5/h3H,4H2,1-2H3,(H,7,8). The summed E-state index contributed by atoms with van der Waals surface area (Å²) < 4.78 is 0. The fourth-order valence-electron chi connectivity index (χ4n) is 0.580. The van der Waals surface area contributed by atoms with E-state index in [0.29, 0.717) is 0 Å². The monoisotopic (exact) mass is 142 g/mol. The van der Waals surface area contributed by atoms with E-state index in [4.69, 9.17) is 0 Å². The minimum atomic E-state index is 1.01. The molecule has 0 saturated carbocycles. The molecule has 0 fully saturated rings. The van der Waals surface area contributed by atoms with Crippen molar-refractivity contribution in [3.63, 3.8) is 0 Å². The topological polar surface area (TPSA) is 24.4 Å². The normalized spacial score (nSPS) is 23.3. The molecule has 1 heterocycles. The highest BCUT2D eigenvalue weighted by atomic mass is 32.2. The lowest BCUT2D eigenvalue weighted by Crippen LogP contribution is -2.18. The van der Waals surface area contributed by atoms with Gasteiger partial charge in [0, 0.05) is 19.0 Å². The van der Waals surface area contributed by atoms with Crippen LogP contribution >= 0.6 is 11.8 Å². The van der Waals surface area contributed by atoms with Crippen molar-refractivity contribution in [3.8, 4) is 0 Å². The van der Waals surface area contributed by atoms with Crippen molar-refractivity contribution < 1.29 is 0 Å². The molecule has 0 aromatic carbocycles. The predicted octanol–water partition coefficient (Wildman–Crippen LogP) is 1.21. The van der Waals surface area contributed by atoms with E-state index in [0.717, 1.165) is 10.9 Å². The summed E-state index contributed by atoms with van der Waals surface area (Å²) in [6.45, 7) is 2.10. The quantitative estimate of drug-likeness (QED) is 0.550. The first kappa shape index (κ1) is 6.68. The van der Waals surface area contributed by atoms with Gasteiger partial charge in [-0.2, -0.15) is 0 Å². The average molecular weight is 142 g/mol. The Morgan fingerprint density at radius 2 is 2.56 bits per heavy atom. The summed E-state index contributed by atoms with van der Waals surface area (Å²) in [7, 11) is 1.80. The molecule has 0 amide bonds. The van der Waals surface area contributed by atoms with Gasteiger partial charge in [-0.1, -0.05) is 11.8 Å². The minimum absolute atomic E-state index is 1.01. The van der Waals surface area contributed by atoms with Crippen LogP contribution in [0.2, 0.25) is 0 Å². The van der Waals surface area contributed by atoms with E-state index in [9.17, 15) is 0 Å². The second kappa shape index (κ2) is 2.92. The van der Waals surface area contributed by atoms with Gasteiger partial charge >= 0.3 is 0 Å². The third kappa shape index (κ3) is 1.75. The van der Waals surface area contributed by atoms with Crippen molar-refractivity contribution in [1.29, 1.82) is 0 Å². The summed E-state index contributed by atoms with van der Waals surface area (Å²) in [5.41, 5.74) is 1.37. The number of hydrogen-bond acceptors (Lipinski definition) is 2. The van der Waals surface area contributed by atoms with E-state index < -0.39 is 0 Å². The molecule has 0 aromatic heterocycles. The van der Waals surface area contributed by atoms with Gasteiger partial charge in [0.15, 0.2) is 5.17 Å². The molecule has 0 spiro atoms. The number of nitrogens with one attached hydrogen (secondary N) is 1. The number of aliphatic imine (C=N–C) groups is 1. The molecule has 0 aliphatic carbocycles. The Bertz CT molecular complexity index is 160. The minimum Gasteiger partial charge on any atom is -0.342 e. The van der Waals surface area contributed by atoms with Gasteiger partial charge in [-0.3, -0.25) is 4.99 Å². The molecule has 1 aliphatic heterocycles. The highest BCUT2D eigenvalue weighted by Gasteiger charge is 2.02. The van der Waals surface area contributed by atoms with Crippen LogP contribution in [-0.4, -0.2) is 18.0 Å². The molecule has 9 heavy (non-hydrogen) atoms. The molecule has 1 aliphatic rings. The molecule has 0 unspecified atom stereocenters. The average Bonchev–Trinajstić information content (AvgIpc) is 1.90. The second-order valence-corrected chi connectivity index (χ2v) is 2.92. The van der Waals surface area contributed by atoms with Crippen LogP contribution in [-0.2, 0) is 0 Å². The number of thioether (sulfide) groups is 1. The SMILES string of the molecule is CN=C1NC=C(C)CS1. The third-order valence-electron chi connectivity index (χ3n) is 1.08. The van der Waals surface area contributed by atoms with Gasteiger partial charge in [0.25, 0.3) is 0 Å². The molecule has 0 aromatic rings. The summed E-state index contributed by atoms with van der Waals surface area (Å²) in [5.74, 6) is 1.07. The molecule has 0 radical (unpaired) electrons. The zero-order valence-electron chi connectivity index (χ0n) is 5.64. The maximum Gasteiger partial charge on any atom is 0.160 e. The van der Waals surface area contributed by atoms with Crippen molar-refractivity contribution in [2.75, 3.05) is 12.8 Å². The number of nitrogens with zero attached hydrogens (tertiary/aromatic N) is 1. The maximum absolute atomic E-state index is 4.01. The molecule has 1 N–H and O–H groups in total. The van der Waals surface area contributed by atoms with Gasteiger partial charge in [0.2, 0.25) is 0 Å². The Hall–Kier alpha value is -0.440. The fraction of sp³-hybridized carbons (Fsp3) is 0.500. The highest BCUT2D eigenvalue weighted by Crippen LogP contribution is 2.11. The van der Waals surface area contributed by atoms with Crippen LogP contribution in [0.3, 0.4) is 0 Å². The second-order valence-electron chi connectivity index (χ2n) is 1.95. The number of rotatable bonds is 0. The lowest BCUT2D eigenvalue weighted by atomic mass is 10.4. The van der Waals surface area contributed by atoms with Crippen molar-refractivity contribution in [2.45, 2.75) is 6.92 Å². The number of hydrogen-bond donors (Lipinski definition) is 1. The molecule has 2 nitrogen and oxygen atoms in total. The van der Waals surface area contributed by atoms with Gasteiger partial charge in [-0.05, 0) is 12.5 Å². The van der Waals surface area contributed by atoms with Gasteiger partial charge in [0.05, 0.1) is 0 Å². The summed E-state index contributed by atoms with van der Waals surface area (Å²) in [4.78, 5) is 4.01. The Balaban J connectivity index is 2.56. The van der Waals surface area contributed by atoms with Crippen molar-refractivity contribution in [1.82, 2.24) is 5.32 Å². The van der Waals surface area contributed by atoms with E-state index in [1.54, 1.807) is 18.8 Å². The smallest absolute Gasteiger partial charge is 0.160 e. The van der Waals surface area contributed by atoms with Crippen molar-refractivity contribution in [2.24, 2.45) is 4.99 Å². The largest absolute Gasteiger partial charge is 0.342 e. The van der Waals surface area contributed by atoms with Crippen molar-refractivity contribution >= 4 is 16.9 Å². The van der Waals surface area contributed by atoms with Gasteiger partial charge in [-0.15, -0.1) is 0 Å². The van der Waals surface area contributed by atoms with Crippen LogP contribution in [0.4, 0.5) is 0 Å². The van der Waals surface area contributed by atoms with E-state index >= 15 is 0 Å². The van der Waals surface area contributed by atoms with E-state index in [1.807, 2.05) is 6.20 Å². The number of amidine groups is 1. The summed E-state index contributed by atoms with van der Waals surface area (Å²) >= 11 is 1.74. The Kier molecular flexibility index (Phi) is 2.16. The van der Waals surface area contributed by atoms with E-state index in [2.05, 4.69) is 17.2 Å². The lowest BCUT2D eigenvalue weighted by Gasteiger charge is -2.11. The Labute approximate surface area is 59.4 Å². The van der Waals surface area contributed by atoms with Gasteiger partial charge in [0.1, 0.15) is 0 Å². The fourth-order valence-corrected chi connectivity index (χ4v) is 1.30. The maximum atomic E-state index is 4.01. The van der Waals surface area contributed by atoms with Crippen LogP contribution < -0.4 is 5.32 Å². The van der Waals surface area contributed by atoms with E-state index in [1.165, 1.54) is 5.57 Å². The van der Waals surface area contributed by atoms with Gasteiger partial charge < -0.3 is 5.32 Å². The van der Waals surface area contributed by atoms with Gasteiger partial charge in [-0.25, -0.2) is 0 Å². The lowest BCUT2D eigenvalue weighted by molar-refractivity contribution is 1.19. The molecule has 1 rings (SSSR count). The molecular formula is C6H10N2S. The van der Waals surface area contributed by atoms with Crippen LogP contribution in [0, 0.1) is 0 Å². The van der Waals surface area contributed by atoms with Crippen molar-refractivity contribution in [3.05, 3.63) is 11.8 Å². The van der Waals surface area contributed by atoms with E-state index in [-0.39, 0.29) is 0 Å². The molecular weight excluding hydrogens is 132 g/mol. The Morgan fingerprint density at radius 1 is 1.78 bits per heavy atom. The summed E-state index contributed by atoms with van der Waals surface area (Å²) in [5, 5.41) is 4.08. The molecule has 0 atom stereocenters. The van der Waals surface area contributed by atoms with Crippen LogP contribution in [0.1, 0.15) is 6.92 Å². The molecule has 0 saturated heterocycles. The molecule has 50 valence electrons. The third-order valence-corrected chi connectivity index (χ3v) is 2.26. The van der Waals surface area contributed by atoms with Crippen LogP contribution in [0.5, 0.6) is 0 Å². The Morgan fingerprint density at radius 3 is 3.00 bits per heavy atom. The predicted molar refractivity (Wildman–Crippen MR) is 42.7 cm³/mol. The highest BCUT2D eigenvalue weighted by molar-refractivity contribution is 8.14. The zero-order valence-corrected chi connectivity index (χ0v) is 6.46. The summed E-state index contributed by atoms with van der Waals surface area (Å²) in [6.07, 6.45) is 2.00. The van der Waals surface area contributed by atoms with Crippen LogP contribution in [0.25, 0.3) is 0 Å². The zero-order chi connectivity index (χ0) is 6.69. The summed E-state index contributed by atoms with van der Waals surface area (Å²) in [6, 6.07) is 0. The van der Waals surface area contributed by atoms with Crippen LogP contribution in [0.15, 0.2) is 16.8 Å².